The van der Waals surface area contributed by atoms with Crippen molar-refractivity contribution in [1.29, 1.82) is 0 Å². The Morgan fingerprint density at radius 2 is 1.65 bits per heavy atom. The average molecular weight is 286 g/mol. The summed E-state index contributed by atoms with van der Waals surface area (Å²) < 4.78 is 10.5. The Morgan fingerprint density at radius 1 is 0.950 bits per heavy atom. The molecule has 0 aromatic rings. The summed E-state index contributed by atoms with van der Waals surface area (Å²) in [6, 6.07) is 0. The fourth-order valence-electron chi connectivity index (χ4n) is 2.26. The Morgan fingerprint density at radius 3 is 2.30 bits per heavy atom. The topological polar surface area (TPSA) is 35.5 Å². The third kappa shape index (κ3) is 12.5. The number of carbonyl (C=O) groups excluding carboxylic acids is 1. The van der Waals surface area contributed by atoms with Gasteiger partial charge in [-0.1, -0.05) is 46.0 Å². The van der Waals surface area contributed by atoms with Gasteiger partial charge in [0.1, 0.15) is 6.10 Å². The van der Waals surface area contributed by atoms with Crippen LogP contribution in [0, 0.1) is 0 Å². The summed E-state index contributed by atoms with van der Waals surface area (Å²) in [6.45, 7) is 5.14. The number of hydrogen-bond acceptors (Lipinski definition) is 3. The molecule has 20 heavy (non-hydrogen) atoms. The molecule has 0 aromatic heterocycles. The van der Waals surface area contributed by atoms with Crippen molar-refractivity contribution in [3.63, 3.8) is 0 Å². The van der Waals surface area contributed by atoms with Crippen LogP contribution in [0.4, 0.5) is 0 Å². The standard InChI is InChI=1S/C17H34O3/c1-4-6-10-13-16(5-2)20-17(18)14-11-8-7-9-12-15-19-3/h16H,4-15H2,1-3H3. The lowest BCUT2D eigenvalue weighted by Crippen LogP contribution is -2.17. The van der Waals surface area contributed by atoms with Gasteiger partial charge in [-0.15, -0.1) is 0 Å². The van der Waals surface area contributed by atoms with Crippen molar-refractivity contribution in [2.24, 2.45) is 0 Å². The molecule has 3 nitrogen and oxygen atoms in total. The number of rotatable bonds is 14. The summed E-state index contributed by atoms with van der Waals surface area (Å²) in [6.07, 6.45) is 11.9. The minimum Gasteiger partial charge on any atom is -0.462 e. The van der Waals surface area contributed by atoms with Crippen molar-refractivity contribution in [2.75, 3.05) is 13.7 Å². The van der Waals surface area contributed by atoms with Gasteiger partial charge in [-0.05, 0) is 32.1 Å². The SMILES string of the molecule is CCCCCC(CC)OC(=O)CCCCCCCOC. The van der Waals surface area contributed by atoms with Crippen molar-refractivity contribution in [3.8, 4) is 0 Å². The van der Waals surface area contributed by atoms with Crippen LogP contribution in [0.3, 0.4) is 0 Å². The minimum absolute atomic E-state index is 0.00904. The van der Waals surface area contributed by atoms with E-state index in [0.717, 1.165) is 38.7 Å². The van der Waals surface area contributed by atoms with E-state index in [2.05, 4.69) is 13.8 Å². The van der Waals surface area contributed by atoms with Gasteiger partial charge in [0.2, 0.25) is 0 Å². The lowest BCUT2D eigenvalue weighted by molar-refractivity contribution is -0.149. The van der Waals surface area contributed by atoms with Gasteiger partial charge in [-0.3, -0.25) is 4.79 Å². The first-order valence-corrected chi connectivity index (χ1v) is 8.43. The van der Waals surface area contributed by atoms with Crippen LogP contribution in [0.5, 0.6) is 0 Å². The molecule has 0 saturated heterocycles. The molecule has 0 spiro atoms. The van der Waals surface area contributed by atoms with Gasteiger partial charge < -0.3 is 9.47 Å². The van der Waals surface area contributed by atoms with E-state index in [1.807, 2.05) is 0 Å². The molecular formula is C17H34O3. The zero-order valence-corrected chi connectivity index (χ0v) is 13.8. The van der Waals surface area contributed by atoms with Crippen LogP contribution in [0.15, 0.2) is 0 Å². The summed E-state index contributed by atoms with van der Waals surface area (Å²) in [5.41, 5.74) is 0. The van der Waals surface area contributed by atoms with Gasteiger partial charge in [0.25, 0.3) is 0 Å². The van der Waals surface area contributed by atoms with Gasteiger partial charge in [0.15, 0.2) is 0 Å². The van der Waals surface area contributed by atoms with E-state index >= 15 is 0 Å². The highest BCUT2D eigenvalue weighted by atomic mass is 16.5. The molecular weight excluding hydrogens is 252 g/mol. The van der Waals surface area contributed by atoms with E-state index in [1.165, 1.54) is 32.1 Å². The molecule has 0 N–H and O–H groups in total. The Hall–Kier alpha value is -0.570. The van der Waals surface area contributed by atoms with E-state index in [1.54, 1.807) is 7.11 Å². The predicted molar refractivity (Wildman–Crippen MR) is 83.9 cm³/mol. The van der Waals surface area contributed by atoms with Gasteiger partial charge >= 0.3 is 5.97 Å². The molecule has 0 aliphatic carbocycles. The van der Waals surface area contributed by atoms with Crippen LogP contribution in [0.25, 0.3) is 0 Å². The molecule has 0 saturated carbocycles. The van der Waals surface area contributed by atoms with Crippen LogP contribution in [-0.4, -0.2) is 25.8 Å². The third-order valence-corrected chi connectivity index (χ3v) is 3.61. The van der Waals surface area contributed by atoms with E-state index in [4.69, 9.17) is 9.47 Å². The molecule has 3 heteroatoms. The molecule has 1 unspecified atom stereocenters. The first kappa shape index (κ1) is 19.4. The molecule has 0 fully saturated rings. The maximum absolute atomic E-state index is 11.7. The number of ether oxygens (including phenoxy) is 2. The highest BCUT2D eigenvalue weighted by Gasteiger charge is 2.11. The summed E-state index contributed by atoms with van der Waals surface area (Å²) in [7, 11) is 1.74. The Kier molecular flexibility index (Phi) is 14.4. The Labute approximate surface area is 125 Å². The van der Waals surface area contributed by atoms with Gasteiger partial charge in [0.05, 0.1) is 0 Å². The summed E-state index contributed by atoms with van der Waals surface area (Å²) in [5, 5.41) is 0. The fourth-order valence-corrected chi connectivity index (χ4v) is 2.26. The molecule has 120 valence electrons. The first-order valence-electron chi connectivity index (χ1n) is 8.43. The maximum Gasteiger partial charge on any atom is 0.306 e. The molecule has 0 rings (SSSR count). The minimum atomic E-state index is -0.00904. The third-order valence-electron chi connectivity index (χ3n) is 3.61. The monoisotopic (exact) mass is 286 g/mol. The van der Waals surface area contributed by atoms with Crippen LogP contribution < -0.4 is 0 Å². The van der Waals surface area contributed by atoms with Crippen LogP contribution in [0.2, 0.25) is 0 Å². The lowest BCUT2D eigenvalue weighted by Gasteiger charge is -2.16. The number of carbonyl (C=O) groups is 1. The van der Waals surface area contributed by atoms with Crippen molar-refractivity contribution >= 4 is 5.97 Å². The molecule has 0 aliphatic heterocycles. The van der Waals surface area contributed by atoms with Crippen molar-refractivity contribution in [2.45, 2.75) is 90.6 Å². The molecule has 0 amide bonds. The predicted octanol–water partition coefficient (Wildman–Crippen LogP) is 4.88. The van der Waals surface area contributed by atoms with Crippen molar-refractivity contribution in [1.82, 2.24) is 0 Å². The lowest BCUT2D eigenvalue weighted by atomic mass is 10.1. The van der Waals surface area contributed by atoms with Gasteiger partial charge in [-0.25, -0.2) is 0 Å². The second kappa shape index (κ2) is 14.8. The number of esters is 1. The summed E-state index contributed by atoms with van der Waals surface area (Å²) in [5.74, 6) is -0.00904. The van der Waals surface area contributed by atoms with E-state index in [9.17, 15) is 4.79 Å². The van der Waals surface area contributed by atoms with Gasteiger partial charge in [-0.2, -0.15) is 0 Å². The van der Waals surface area contributed by atoms with Crippen molar-refractivity contribution < 1.29 is 14.3 Å². The Bertz CT molecular complexity index is 216. The quantitative estimate of drug-likeness (QED) is 0.337. The molecule has 0 radical (unpaired) electrons. The van der Waals surface area contributed by atoms with Crippen molar-refractivity contribution in [3.05, 3.63) is 0 Å². The van der Waals surface area contributed by atoms with Crippen LogP contribution in [-0.2, 0) is 14.3 Å². The van der Waals surface area contributed by atoms with E-state index in [-0.39, 0.29) is 12.1 Å². The zero-order valence-electron chi connectivity index (χ0n) is 13.8. The largest absolute Gasteiger partial charge is 0.462 e. The summed E-state index contributed by atoms with van der Waals surface area (Å²) in [4.78, 5) is 11.7. The van der Waals surface area contributed by atoms with Crippen LogP contribution >= 0.6 is 0 Å². The molecule has 0 aliphatic rings. The van der Waals surface area contributed by atoms with E-state index in [0.29, 0.717) is 6.42 Å². The molecule has 0 aromatic carbocycles. The highest BCUT2D eigenvalue weighted by Crippen LogP contribution is 2.12. The molecule has 0 heterocycles. The average Bonchev–Trinajstić information content (AvgIpc) is 2.45. The normalized spacial score (nSPS) is 12.3. The fraction of sp³-hybridized carbons (Fsp3) is 0.941. The second-order valence-corrected chi connectivity index (χ2v) is 5.53. The maximum atomic E-state index is 11.7. The first-order chi connectivity index (χ1) is 9.74. The highest BCUT2D eigenvalue weighted by molar-refractivity contribution is 5.69. The molecule has 1 atom stereocenters. The zero-order chi connectivity index (χ0) is 15.1. The number of methoxy groups -OCH3 is 1. The number of hydrogen-bond donors (Lipinski definition) is 0. The molecule has 0 bridgehead atoms. The second-order valence-electron chi connectivity index (χ2n) is 5.53. The number of unbranched alkanes of at least 4 members (excludes halogenated alkanes) is 6. The van der Waals surface area contributed by atoms with Gasteiger partial charge in [0, 0.05) is 20.1 Å². The Balaban J connectivity index is 3.50. The summed E-state index contributed by atoms with van der Waals surface area (Å²) >= 11 is 0. The van der Waals surface area contributed by atoms with E-state index < -0.39 is 0 Å². The van der Waals surface area contributed by atoms with Crippen LogP contribution in [0.1, 0.15) is 84.5 Å². The smallest absolute Gasteiger partial charge is 0.306 e.